The molecular weight excluding hydrogens is 1280 g/mol. The summed E-state index contributed by atoms with van der Waals surface area (Å²) in [6.45, 7) is -3.14. The number of aliphatic hydroxyl groups is 11. The monoisotopic (exact) mass is 1340 g/mol. The van der Waals surface area contributed by atoms with Crippen molar-refractivity contribution >= 4 is 47.0 Å². The summed E-state index contributed by atoms with van der Waals surface area (Å²) in [4.78, 5) is 50.1. The maximum atomic E-state index is 13.5. The number of benzene rings is 4. The summed E-state index contributed by atoms with van der Waals surface area (Å²) in [6, 6.07) is 14.8. The van der Waals surface area contributed by atoms with Crippen LogP contribution in [0.4, 0.5) is 0 Å². The number of fused-ring (bicyclic) bond motifs is 1. The number of methoxy groups -OCH3 is 2. The van der Waals surface area contributed by atoms with Gasteiger partial charge in [0.15, 0.2) is 41.5 Å². The first-order chi connectivity index (χ1) is 45.2. The van der Waals surface area contributed by atoms with E-state index < -0.39 is 208 Å². The number of phenols is 4. The Bertz CT molecular complexity index is 3550. The Morgan fingerprint density at radius 3 is 1.79 bits per heavy atom. The van der Waals surface area contributed by atoms with Gasteiger partial charge in [0.25, 0.3) is 0 Å². The third kappa shape index (κ3) is 16.5. The molecule has 95 heavy (non-hydrogen) atoms. The smallest absolute Gasteiger partial charge is 0.402 e. The molecule has 4 saturated heterocycles. The maximum absolute atomic E-state index is 13.5. The van der Waals surface area contributed by atoms with Crippen LogP contribution in [0.15, 0.2) is 89.4 Å². The number of esters is 3. The second kappa shape index (κ2) is 30.7. The Kier molecular flexibility index (Phi) is 22.8. The molecule has 1 aromatic heterocycles. The predicted octanol–water partition coefficient (Wildman–Crippen LogP) is -2.23. The zero-order chi connectivity index (χ0) is 68.7. The SMILES string of the molecule is COc1cc(/C=C/C(=O)O[C@@H]2C(O)[C@H](O)CO[C@H]2OC2[C@H](Oc3cc4c(O[C@@H]5OC(COC(=O)CC(=O)O)[C@@H](O)[C@H](O)C5O)cc(O)cc4[o+]c3-c3ccc(O)c(O)c3)OC(COC(=O)/C=C/c3ccc(O[C@@H]4OC(CO)[C@@H](O)[C@H](O)C4O)cc3)[C@@H](O)[C@@H]2O)cc(OC)c1O. The molecule has 0 saturated carbocycles. The van der Waals surface area contributed by atoms with Gasteiger partial charge in [0.2, 0.25) is 30.4 Å². The Hall–Kier alpha value is -8.79. The molecule has 4 fully saturated rings. The van der Waals surface area contributed by atoms with Crippen molar-refractivity contribution in [1.82, 2.24) is 0 Å². The van der Waals surface area contributed by atoms with Crippen molar-refractivity contribution in [3.8, 4) is 63.1 Å². The van der Waals surface area contributed by atoms with Crippen LogP contribution in [0.2, 0.25) is 0 Å². The first-order valence-corrected chi connectivity index (χ1v) is 28.7. The molecule has 19 atom stereocenters. The number of aliphatic hydroxyl groups excluding tert-OH is 11. The van der Waals surface area contributed by atoms with Gasteiger partial charge < -0.3 is 143 Å². The summed E-state index contributed by atoms with van der Waals surface area (Å²) in [7, 11) is 2.53. The van der Waals surface area contributed by atoms with Crippen LogP contribution in [0.1, 0.15) is 17.5 Å². The van der Waals surface area contributed by atoms with E-state index >= 15 is 0 Å². The van der Waals surface area contributed by atoms with E-state index in [0.29, 0.717) is 5.56 Å². The van der Waals surface area contributed by atoms with Crippen LogP contribution in [-0.4, -0.2) is 263 Å². The van der Waals surface area contributed by atoms with Gasteiger partial charge >= 0.3 is 35.2 Å². The second-order valence-corrected chi connectivity index (χ2v) is 21.7. The molecule has 9 rings (SSSR count). The lowest BCUT2D eigenvalue weighted by Crippen LogP contribution is -2.64. The minimum Gasteiger partial charge on any atom is -0.507 e. The van der Waals surface area contributed by atoms with Gasteiger partial charge in [-0.05, 0) is 59.7 Å². The van der Waals surface area contributed by atoms with Gasteiger partial charge in [0.1, 0.15) is 122 Å². The molecule has 7 unspecified atom stereocenters. The molecule has 0 amide bonds. The number of phenolic OH excluding ortho intramolecular Hbond substituents is 4. The van der Waals surface area contributed by atoms with E-state index in [1.165, 1.54) is 68.8 Å². The summed E-state index contributed by atoms with van der Waals surface area (Å²) in [5, 5.41) is 170. The van der Waals surface area contributed by atoms with Crippen molar-refractivity contribution in [3.63, 3.8) is 0 Å². The highest BCUT2D eigenvalue weighted by molar-refractivity contribution is 5.91. The number of hydrogen-bond acceptors (Lipinski definition) is 32. The lowest BCUT2D eigenvalue weighted by molar-refractivity contribution is -0.345. The standard InChI is InChI=1S/C61H66O34/c1-82-35-13-25(14-36(83-2)46(35)73)6-12-43(70)94-56-45(72)32(66)21-86-60(56)95-57-52(79)49(76)40(22-84-42(69)11-5-24-3-8-28(9-4-24)87-58-53(80)50(77)47(74)38(20-62)91-58)93-61(57)90-37-18-29-33(88-55(37)26-7-10-30(64)31(65)15-26)16-27(63)17-34(29)89-59-54(81)51(78)48(75)39(92-59)23-85-44(71)19-41(67)68/h3-18,32,38-40,45,47-54,56-62,66,72,74-81H,19-23H2,1-2H3,(H4-,63,64,65,67,68,70,73)/p+1/b11-5+/t32-,38?,39?,40?,45?,47-,48-,49-,50+,51+,52+,53?,54?,56-,57?,58-,59-,60+,61-/m1/s1. The van der Waals surface area contributed by atoms with Crippen molar-refractivity contribution < 1.29 is 167 Å². The topological polar surface area (TPSA) is 523 Å². The lowest BCUT2D eigenvalue weighted by atomic mass is 9.98. The normalized spacial score (nSPS) is 30.1. The zero-order valence-electron chi connectivity index (χ0n) is 49.7. The maximum Gasteiger partial charge on any atom is 0.402 e. The molecule has 5 aromatic rings. The van der Waals surface area contributed by atoms with Crippen LogP contribution in [-0.2, 0) is 57.1 Å². The fourth-order valence-electron chi connectivity index (χ4n) is 10.1. The van der Waals surface area contributed by atoms with Crippen molar-refractivity contribution in [2.24, 2.45) is 0 Å². The average molecular weight is 1340 g/mol. The van der Waals surface area contributed by atoms with Gasteiger partial charge in [-0.1, -0.05) is 12.1 Å². The molecule has 4 aromatic carbocycles. The molecule has 34 heteroatoms. The van der Waals surface area contributed by atoms with Crippen LogP contribution in [0.3, 0.4) is 0 Å². The molecule has 34 nitrogen and oxygen atoms in total. The van der Waals surface area contributed by atoms with E-state index in [0.717, 1.165) is 42.5 Å². The quantitative estimate of drug-likeness (QED) is 0.00822. The highest BCUT2D eigenvalue weighted by atomic mass is 16.8. The Morgan fingerprint density at radius 1 is 0.558 bits per heavy atom. The first kappa shape index (κ1) is 70.5. The molecule has 0 radical (unpaired) electrons. The van der Waals surface area contributed by atoms with E-state index in [1.54, 1.807) is 0 Å². The molecule has 514 valence electrons. The van der Waals surface area contributed by atoms with E-state index in [-0.39, 0.29) is 45.1 Å². The minimum atomic E-state index is -2.22. The number of aromatic hydroxyl groups is 4. The van der Waals surface area contributed by atoms with Crippen molar-refractivity contribution in [2.75, 3.05) is 40.6 Å². The van der Waals surface area contributed by atoms with E-state index in [1.807, 2.05) is 0 Å². The number of carboxylic acid groups (broad SMARTS) is 1. The van der Waals surface area contributed by atoms with Crippen molar-refractivity contribution in [2.45, 2.75) is 123 Å². The number of aliphatic carboxylic acids is 1. The number of carboxylic acids is 1. The largest absolute Gasteiger partial charge is 0.507 e. The summed E-state index contributed by atoms with van der Waals surface area (Å²) < 4.78 is 79.8. The van der Waals surface area contributed by atoms with Gasteiger partial charge in [-0.25, -0.2) is 14.0 Å². The molecule has 4 aliphatic heterocycles. The van der Waals surface area contributed by atoms with Crippen LogP contribution < -0.4 is 23.7 Å². The van der Waals surface area contributed by atoms with E-state index in [4.69, 9.17) is 71.1 Å². The van der Waals surface area contributed by atoms with Gasteiger partial charge in [0, 0.05) is 30.4 Å². The molecule has 16 N–H and O–H groups in total. The molecule has 0 spiro atoms. The summed E-state index contributed by atoms with van der Waals surface area (Å²) in [5.74, 6) is -8.68. The van der Waals surface area contributed by atoms with Crippen LogP contribution in [0, 0.1) is 0 Å². The van der Waals surface area contributed by atoms with Crippen LogP contribution in [0.5, 0.6) is 51.7 Å². The van der Waals surface area contributed by atoms with Gasteiger partial charge in [0.05, 0.1) is 39.1 Å². The fraction of sp³-hybridized carbons (Fsp3) is 0.426. The Balaban J connectivity index is 1.03. The number of carbonyl (C=O) groups is 4. The van der Waals surface area contributed by atoms with Gasteiger partial charge in [-0.3, -0.25) is 9.59 Å². The third-order valence-electron chi connectivity index (χ3n) is 15.2. The summed E-state index contributed by atoms with van der Waals surface area (Å²) in [5.41, 5.74) is 0.203. The molecule has 5 heterocycles. The fourth-order valence-corrected chi connectivity index (χ4v) is 10.1. The summed E-state index contributed by atoms with van der Waals surface area (Å²) >= 11 is 0. The molecule has 0 aliphatic carbocycles. The van der Waals surface area contributed by atoms with Gasteiger partial charge in [-0.15, -0.1) is 0 Å². The predicted molar refractivity (Wildman–Crippen MR) is 310 cm³/mol. The first-order valence-electron chi connectivity index (χ1n) is 28.7. The van der Waals surface area contributed by atoms with Crippen molar-refractivity contribution in [3.05, 3.63) is 96.1 Å². The number of carbonyl (C=O) groups excluding carboxylic acids is 3. The van der Waals surface area contributed by atoms with E-state index in [9.17, 15) is 95.8 Å². The summed E-state index contributed by atoms with van der Waals surface area (Å²) in [6.07, 6.45) is -32.3. The van der Waals surface area contributed by atoms with Crippen LogP contribution in [0.25, 0.3) is 34.4 Å². The van der Waals surface area contributed by atoms with E-state index in [2.05, 4.69) is 0 Å². The highest BCUT2D eigenvalue weighted by Gasteiger charge is 2.53. The Labute approximate surface area is 535 Å². The van der Waals surface area contributed by atoms with Gasteiger partial charge in [-0.2, -0.15) is 0 Å². The Morgan fingerprint density at radius 2 is 1.15 bits per heavy atom. The molecule has 4 aliphatic rings. The number of hydrogen-bond donors (Lipinski definition) is 16. The minimum absolute atomic E-state index is 0.0372. The lowest BCUT2D eigenvalue weighted by Gasteiger charge is -2.45. The number of ether oxygens (including phenoxy) is 13. The molecular formula is C61H67O34+. The third-order valence-corrected chi connectivity index (χ3v) is 15.2. The number of rotatable bonds is 23. The van der Waals surface area contributed by atoms with Crippen molar-refractivity contribution in [1.29, 1.82) is 0 Å². The zero-order valence-corrected chi connectivity index (χ0v) is 49.7. The second-order valence-electron chi connectivity index (χ2n) is 21.7. The molecule has 0 bridgehead atoms. The van der Waals surface area contributed by atoms with Crippen LogP contribution >= 0.6 is 0 Å². The average Bonchev–Trinajstić information content (AvgIpc) is 0.766. The highest BCUT2D eigenvalue weighted by Crippen LogP contribution is 2.44.